The van der Waals surface area contributed by atoms with Crippen molar-refractivity contribution in [1.29, 1.82) is 0 Å². The van der Waals surface area contributed by atoms with E-state index in [0.29, 0.717) is 5.82 Å². The van der Waals surface area contributed by atoms with Gasteiger partial charge in [0.05, 0.1) is 0 Å². The molecule has 1 unspecified atom stereocenters. The van der Waals surface area contributed by atoms with Gasteiger partial charge in [0.25, 0.3) is 0 Å². The van der Waals surface area contributed by atoms with E-state index in [1.165, 1.54) is 0 Å². The third kappa shape index (κ3) is 2.66. The van der Waals surface area contributed by atoms with Crippen molar-refractivity contribution in [3.05, 3.63) is 47.7 Å². The first-order chi connectivity index (χ1) is 8.91. The van der Waals surface area contributed by atoms with E-state index in [1.807, 2.05) is 44.3 Å². The molecule has 1 amide bonds. The first-order valence-electron chi connectivity index (χ1n) is 6.08. The Morgan fingerprint density at radius 3 is 2.53 bits per heavy atom. The van der Waals surface area contributed by atoms with Crippen molar-refractivity contribution in [3.8, 4) is 0 Å². The molecule has 0 saturated heterocycles. The van der Waals surface area contributed by atoms with Crippen molar-refractivity contribution < 1.29 is 4.79 Å². The Morgan fingerprint density at radius 2 is 2.00 bits per heavy atom. The minimum absolute atomic E-state index is 0.281. The number of carbonyl (C=O) groups excluding carboxylic acids is 1. The molecule has 0 radical (unpaired) electrons. The van der Waals surface area contributed by atoms with Crippen LogP contribution in [0.2, 0.25) is 0 Å². The highest BCUT2D eigenvalue weighted by atomic mass is 16.2. The number of nitrogens with zero attached hydrogens (tertiary/aromatic N) is 2. The average Bonchev–Trinajstić information content (AvgIpc) is 2.69. The molecule has 1 heterocycles. The fraction of sp³-hybridized carbons (Fsp3) is 0.286. The Bertz CT molecular complexity index is 567. The monoisotopic (exact) mass is 258 g/mol. The van der Waals surface area contributed by atoms with Crippen LogP contribution < -0.4 is 11.1 Å². The largest absolute Gasteiger partial charge is 0.314 e. The molecule has 0 aliphatic rings. The van der Waals surface area contributed by atoms with Crippen molar-refractivity contribution in [2.45, 2.75) is 19.4 Å². The maximum atomic E-state index is 12.3. The number of carbonyl (C=O) groups is 1. The minimum Gasteiger partial charge on any atom is -0.314 e. The highest BCUT2D eigenvalue weighted by Crippen LogP contribution is 2.19. The number of rotatable bonds is 3. The molecule has 2 rings (SSSR count). The number of nitrogens with two attached hydrogens (primary N) is 1. The Balaban J connectivity index is 2.19. The summed E-state index contributed by atoms with van der Waals surface area (Å²) in [6.07, 6.45) is 0. The Labute approximate surface area is 112 Å². The van der Waals surface area contributed by atoms with Gasteiger partial charge in [-0.25, -0.2) is 0 Å². The summed E-state index contributed by atoms with van der Waals surface area (Å²) in [7, 11) is 1.82. The smallest absolute Gasteiger partial charge is 0.249 e. The van der Waals surface area contributed by atoms with E-state index in [0.717, 1.165) is 11.3 Å². The Hall–Kier alpha value is -2.14. The van der Waals surface area contributed by atoms with E-state index in [2.05, 4.69) is 10.4 Å². The predicted molar refractivity (Wildman–Crippen MR) is 74.6 cm³/mol. The zero-order chi connectivity index (χ0) is 14.0. The van der Waals surface area contributed by atoms with E-state index in [9.17, 15) is 4.79 Å². The van der Waals surface area contributed by atoms with E-state index < -0.39 is 5.54 Å². The van der Waals surface area contributed by atoms with Crippen LogP contribution in [-0.2, 0) is 17.4 Å². The summed E-state index contributed by atoms with van der Waals surface area (Å²) >= 11 is 0. The lowest BCUT2D eigenvalue weighted by Crippen LogP contribution is -2.45. The van der Waals surface area contributed by atoms with Gasteiger partial charge in [-0.15, -0.1) is 0 Å². The third-order valence-corrected chi connectivity index (χ3v) is 3.20. The first-order valence-corrected chi connectivity index (χ1v) is 6.08. The van der Waals surface area contributed by atoms with Crippen LogP contribution in [0, 0.1) is 6.92 Å². The van der Waals surface area contributed by atoms with Crippen LogP contribution in [0.3, 0.4) is 0 Å². The molecule has 5 heteroatoms. The summed E-state index contributed by atoms with van der Waals surface area (Å²) in [5.41, 5.74) is 6.77. The quantitative estimate of drug-likeness (QED) is 0.877. The van der Waals surface area contributed by atoms with Crippen LogP contribution in [0.25, 0.3) is 0 Å². The summed E-state index contributed by atoms with van der Waals surface area (Å²) in [5, 5.41) is 6.93. The van der Waals surface area contributed by atoms with E-state index in [1.54, 1.807) is 17.7 Å². The fourth-order valence-electron chi connectivity index (χ4n) is 1.78. The summed E-state index contributed by atoms with van der Waals surface area (Å²) in [4.78, 5) is 12.3. The zero-order valence-corrected chi connectivity index (χ0v) is 11.3. The van der Waals surface area contributed by atoms with Gasteiger partial charge in [0.2, 0.25) is 5.91 Å². The van der Waals surface area contributed by atoms with E-state index in [-0.39, 0.29) is 5.91 Å². The number of aromatic nitrogens is 2. The van der Waals surface area contributed by atoms with Gasteiger partial charge < -0.3 is 11.1 Å². The Morgan fingerprint density at radius 1 is 1.37 bits per heavy atom. The normalized spacial score (nSPS) is 13.9. The molecule has 5 nitrogen and oxygen atoms in total. The summed E-state index contributed by atoms with van der Waals surface area (Å²) in [6, 6.07) is 11.1. The molecule has 0 saturated carbocycles. The number of aryl methyl sites for hydroxylation is 2. The summed E-state index contributed by atoms with van der Waals surface area (Å²) < 4.78 is 1.70. The molecule has 0 spiro atoms. The van der Waals surface area contributed by atoms with Crippen molar-refractivity contribution in [1.82, 2.24) is 9.78 Å². The maximum absolute atomic E-state index is 12.3. The predicted octanol–water partition coefficient (Wildman–Crippen LogP) is 1.54. The van der Waals surface area contributed by atoms with Crippen molar-refractivity contribution in [3.63, 3.8) is 0 Å². The Kier molecular flexibility index (Phi) is 3.40. The summed E-state index contributed by atoms with van der Waals surface area (Å²) in [6.45, 7) is 3.61. The van der Waals surface area contributed by atoms with Gasteiger partial charge in [-0.2, -0.15) is 5.10 Å². The molecular weight excluding hydrogens is 240 g/mol. The molecule has 0 aliphatic heterocycles. The number of benzene rings is 1. The molecule has 0 bridgehead atoms. The lowest BCUT2D eigenvalue weighted by atomic mass is 9.92. The van der Waals surface area contributed by atoms with E-state index >= 15 is 0 Å². The molecule has 1 aromatic heterocycles. The lowest BCUT2D eigenvalue weighted by molar-refractivity contribution is -0.120. The second-order valence-electron chi connectivity index (χ2n) is 4.82. The van der Waals surface area contributed by atoms with Crippen molar-refractivity contribution >= 4 is 11.7 Å². The van der Waals surface area contributed by atoms with Crippen molar-refractivity contribution in [2.75, 3.05) is 5.32 Å². The molecule has 19 heavy (non-hydrogen) atoms. The number of hydrogen-bond acceptors (Lipinski definition) is 3. The number of anilines is 1. The highest BCUT2D eigenvalue weighted by Gasteiger charge is 2.30. The standard InChI is InChI=1S/C14H18N4O/c1-10-9-12(17-18(10)3)16-13(19)14(2,15)11-7-5-4-6-8-11/h4-9H,15H2,1-3H3,(H,16,17,19). The molecule has 3 N–H and O–H groups in total. The van der Waals surface area contributed by atoms with Crippen molar-refractivity contribution in [2.24, 2.45) is 12.8 Å². The van der Waals surface area contributed by atoms with Gasteiger partial charge in [0, 0.05) is 18.8 Å². The van der Waals surface area contributed by atoms with Crippen LogP contribution in [0.5, 0.6) is 0 Å². The topological polar surface area (TPSA) is 72.9 Å². The second-order valence-corrected chi connectivity index (χ2v) is 4.82. The summed E-state index contributed by atoms with van der Waals surface area (Å²) in [5.74, 6) is 0.231. The first kappa shape index (κ1) is 13.3. The number of amides is 1. The van der Waals surface area contributed by atoms with Gasteiger partial charge in [0.15, 0.2) is 5.82 Å². The van der Waals surface area contributed by atoms with Crippen LogP contribution in [0.4, 0.5) is 5.82 Å². The molecule has 1 atom stereocenters. The molecule has 0 aliphatic carbocycles. The SMILES string of the molecule is Cc1cc(NC(=O)C(C)(N)c2ccccc2)nn1C. The third-order valence-electron chi connectivity index (χ3n) is 3.20. The van der Waals surface area contributed by atoms with Crippen LogP contribution >= 0.6 is 0 Å². The fourth-order valence-corrected chi connectivity index (χ4v) is 1.78. The molecule has 100 valence electrons. The highest BCUT2D eigenvalue weighted by molar-refractivity contribution is 5.97. The average molecular weight is 258 g/mol. The van der Waals surface area contributed by atoms with Crippen LogP contribution in [0.15, 0.2) is 36.4 Å². The number of nitrogens with one attached hydrogen (secondary N) is 1. The number of hydrogen-bond donors (Lipinski definition) is 2. The van der Waals surface area contributed by atoms with Crippen LogP contribution in [0.1, 0.15) is 18.2 Å². The molecular formula is C14H18N4O. The molecule has 2 aromatic rings. The van der Waals surface area contributed by atoms with Gasteiger partial charge in [-0.05, 0) is 19.4 Å². The molecule has 1 aromatic carbocycles. The van der Waals surface area contributed by atoms with Gasteiger partial charge in [0.1, 0.15) is 5.54 Å². The van der Waals surface area contributed by atoms with Gasteiger partial charge >= 0.3 is 0 Å². The van der Waals surface area contributed by atoms with E-state index in [4.69, 9.17) is 5.73 Å². The van der Waals surface area contributed by atoms with Gasteiger partial charge in [-0.1, -0.05) is 30.3 Å². The zero-order valence-electron chi connectivity index (χ0n) is 11.3. The van der Waals surface area contributed by atoms with Crippen LogP contribution in [-0.4, -0.2) is 15.7 Å². The van der Waals surface area contributed by atoms with Gasteiger partial charge in [-0.3, -0.25) is 9.48 Å². The second kappa shape index (κ2) is 4.85. The molecule has 0 fully saturated rings. The lowest BCUT2D eigenvalue weighted by Gasteiger charge is -2.23. The minimum atomic E-state index is -1.09. The maximum Gasteiger partial charge on any atom is 0.249 e.